The maximum atomic E-state index is 13.4. The second kappa shape index (κ2) is 14.3. The summed E-state index contributed by atoms with van der Waals surface area (Å²) in [6.45, 7) is 8.15. The van der Waals surface area contributed by atoms with Crippen molar-refractivity contribution in [1.82, 2.24) is 14.7 Å². The van der Waals surface area contributed by atoms with Crippen LogP contribution in [0.1, 0.15) is 55.6 Å². The second-order valence-corrected chi connectivity index (χ2v) is 13.4. The molecule has 3 heterocycles. The van der Waals surface area contributed by atoms with E-state index in [4.69, 9.17) is 13.9 Å². The first-order chi connectivity index (χ1) is 21.3. The van der Waals surface area contributed by atoms with Crippen LogP contribution in [0.25, 0.3) is 0 Å². The fourth-order valence-electron chi connectivity index (χ4n) is 5.83. The van der Waals surface area contributed by atoms with Gasteiger partial charge in [-0.25, -0.2) is 8.42 Å². The lowest BCUT2D eigenvalue weighted by atomic mass is 10.1. The Bertz CT molecular complexity index is 1540. The highest BCUT2D eigenvalue weighted by atomic mass is 32.2. The summed E-state index contributed by atoms with van der Waals surface area (Å²) in [6.07, 6.45) is 5.73. The number of hydrogen-bond acceptors (Lipinski definition) is 8. The van der Waals surface area contributed by atoms with Crippen molar-refractivity contribution < 1.29 is 31.9 Å². The summed E-state index contributed by atoms with van der Waals surface area (Å²) in [5.74, 6) is 0.967. The molecule has 44 heavy (non-hydrogen) atoms. The Labute approximate surface area is 259 Å². The van der Waals surface area contributed by atoms with Crippen molar-refractivity contribution in [3.8, 4) is 11.5 Å². The maximum absolute atomic E-state index is 13.4. The van der Waals surface area contributed by atoms with E-state index in [0.717, 1.165) is 44.3 Å². The van der Waals surface area contributed by atoms with Gasteiger partial charge in [0.2, 0.25) is 22.5 Å². The van der Waals surface area contributed by atoms with Gasteiger partial charge < -0.3 is 28.6 Å². The molecule has 11 heteroatoms. The van der Waals surface area contributed by atoms with Crippen molar-refractivity contribution >= 4 is 21.7 Å². The van der Waals surface area contributed by atoms with Gasteiger partial charge in [0, 0.05) is 31.7 Å². The summed E-state index contributed by atoms with van der Waals surface area (Å²) >= 11 is 0. The molecule has 1 fully saturated rings. The smallest absolute Gasteiger partial charge is 0.290 e. The molecule has 10 nitrogen and oxygen atoms in total. The average molecular weight is 624 g/mol. The summed E-state index contributed by atoms with van der Waals surface area (Å²) in [5.41, 5.74) is 0.962. The number of amides is 2. The number of rotatable bonds is 13. The number of benzene rings is 2. The number of carbonyl (C=O) groups is 2. The third-order valence-electron chi connectivity index (χ3n) is 8.21. The van der Waals surface area contributed by atoms with Gasteiger partial charge in [-0.3, -0.25) is 9.59 Å². The fourth-order valence-corrected chi connectivity index (χ4v) is 7.18. The van der Waals surface area contributed by atoms with Gasteiger partial charge in [-0.15, -0.1) is 0 Å². The zero-order valence-electron chi connectivity index (χ0n) is 25.4. The highest BCUT2D eigenvalue weighted by molar-refractivity contribution is 7.91. The highest BCUT2D eigenvalue weighted by Gasteiger charge is 2.27. The lowest BCUT2D eigenvalue weighted by Crippen LogP contribution is -2.40. The Hall–Kier alpha value is -3.83. The van der Waals surface area contributed by atoms with E-state index in [9.17, 15) is 18.0 Å². The van der Waals surface area contributed by atoms with Crippen LogP contribution in [0.15, 0.2) is 75.1 Å². The van der Waals surface area contributed by atoms with Gasteiger partial charge in [0.05, 0.1) is 16.1 Å². The van der Waals surface area contributed by atoms with E-state index < -0.39 is 9.84 Å². The predicted molar refractivity (Wildman–Crippen MR) is 165 cm³/mol. The minimum atomic E-state index is -3.71. The Kier molecular flexibility index (Phi) is 10.3. The molecular weight excluding hydrogens is 582 g/mol. The molecule has 1 aromatic heterocycles. The minimum Gasteiger partial charge on any atom is -0.459 e. The number of unbranched alkanes of at least 4 members (excludes halogenated alkanes) is 1. The van der Waals surface area contributed by atoms with E-state index in [2.05, 4.69) is 18.7 Å². The summed E-state index contributed by atoms with van der Waals surface area (Å²) in [5, 5.41) is 0. The van der Waals surface area contributed by atoms with Crippen LogP contribution in [0, 0.1) is 0 Å². The number of ether oxygens (including phenoxy) is 2. The first-order valence-corrected chi connectivity index (χ1v) is 16.8. The molecule has 0 N–H and O–H groups in total. The van der Waals surface area contributed by atoms with Crippen LogP contribution in [-0.2, 0) is 21.1 Å². The Balaban J connectivity index is 1.13. The van der Waals surface area contributed by atoms with Gasteiger partial charge in [0.1, 0.15) is 6.54 Å². The normalized spacial score (nSPS) is 15.9. The van der Waals surface area contributed by atoms with Crippen LogP contribution in [0.4, 0.5) is 0 Å². The van der Waals surface area contributed by atoms with Crippen LogP contribution >= 0.6 is 0 Å². The van der Waals surface area contributed by atoms with E-state index in [0.29, 0.717) is 37.6 Å². The van der Waals surface area contributed by atoms with Crippen molar-refractivity contribution in [2.45, 2.75) is 61.8 Å². The molecule has 0 saturated carbocycles. The molecule has 5 rings (SSSR count). The monoisotopic (exact) mass is 623 g/mol. The minimum absolute atomic E-state index is 0.0308. The number of carbonyl (C=O) groups excluding carboxylic acids is 2. The summed E-state index contributed by atoms with van der Waals surface area (Å²) in [4.78, 5) is 31.9. The predicted octanol–water partition coefficient (Wildman–Crippen LogP) is 4.64. The summed E-state index contributed by atoms with van der Waals surface area (Å²) in [6, 6.07) is 15.4. The lowest BCUT2D eigenvalue weighted by molar-refractivity contribution is -0.130. The van der Waals surface area contributed by atoms with Gasteiger partial charge in [-0.2, -0.15) is 0 Å². The van der Waals surface area contributed by atoms with Gasteiger partial charge in [0.25, 0.3) is 5.91 Å². The zero-order chi connectivity index (χ0) is 31.1. The molecule has 2 aromatic carbocycles. The first-order valence-electron chi connectivity index (χ1n) is 15.3. The van der Waals surface area contributed by atoms with Crippen molar-refractivity contribution in [1.29, 1.82) is 0 Å². The molecule has 2 aliphatic rings. The molecule has 0 bridgehead atoms. The van der Waals surface area contributed by atoms with Crippen LogP contribution < -0.4 is 9.47 Å². The van der Waals surface area contributed by atoms with Crippen molar-refractivity contribution in [3.63, 3.8) is 0 Å². The van der Waals surface area contributed by atoms with E-state index >= 15 is 0 Å². The second-order valence-electron chi connectivity index (χ2n) is 11.4. The molecule has 0 spiro atoms. The van der Waals surface area contributed by atoms with Crippen molar-refractivity contribution in [2.24, 2.45) is 0 Å². The van der Waals surface area contributed by atoms with Gasteiger partial charge in [-0.05, 0) is 94.1 Å². The van der Waals surface area contributed by atoms with Gasteiger partial charge in [-0.1, -0.05) is 19.1 Å². The summed E-state index contributed by atoms with van der Waals surface area (Å²) < 4.78 is 42.7. The number of nitrogens with zero attached hydrogens (tertiary/aromatic N) is 3. The molecule has 236 valence electrons. The zero-order valence-corrected chi connectivity index (χ0v) is 26.3. The third kappa shape index (κ3) is 7.44. The standard InChI is InChI=1S/C33H41N3O7S/c1-3-14-34(15-4-5-16-35-17-8-18-36(23-32(35)37)33(38)30-11-7-19-41-30)25(2)20-26-9-6-10-27(21-26)44(39,40)28-12-13-29-31(22-28)43-24-42-29/h6-7,9-13,19,21-22,25H,3-5,8,14-18,20,23-24H2,1-2H3. The molecular formula is C33H41N3O7S. The van der Waals surface area contributed by atoms with Gasteiger partial charge in [0.15, 0.2) is 17.3 Å². The molecule has 2 aliphatic heterocycles. The average Bonchev–Trinajstić information content (AvgIpc) is 3.69. The number of hydrogen-bond donors (Lipinski definition) is 0. The van der Waals surface area contributed by atoms with E-state index in [1.165, 1.54) is 12.3 Å². The number of furan rings is 1. The van der Waals surface area contributed by atoms with Crippen LogP contribution in [0.5, 0.6) is 11.5 Å². The largest absolute Gasteiger partial charge is 0.459 e. The van der Waals surface area contributed by atoms with Crippen LogP contribution in [0.2, 0.25) is 0 Å². The van der Waals surface area contributed by atoms with Gasteiger partial charge >= 0.3 is 0 Å². The Morgan fingerprint density at radius 2 is 1.80 bits per heavy atom. The summed E-state index contributed by atoms with van der Waals surface area (Å²) in [7, 11) is -3.71. The lowest BCUT2D eigenvalue weighted by Gasteiger charge is -2.29. The molecule has 0 radical (unpaired) electrons. The highest BCUT2D eigenvalue weighted by Crippen LogP contribution is 2.35. The third-order valence-corrected chi connectivity index (χ3v) is 9.95. The topological polar surface area (TPSA) is 110 Å². The Morgan fingerprint density at radius 3 is 2.59 bits per heavy atom. The molecule has 1 atom stereocenters. The SMILES string of the molecule is CCCN(CCCCN1CCCN(C(=O)c2ccco2)CC1=O)C(C)Cc1cccc(S(=O)(=O)c2ccc3c(c2)OCO3)c1. The van der Waals surface area contributed by atoms with Crippen LogP contribution in [0.3, 0.4) is 0 Å². The van der Waals surface area contributed by atoms with Crippen molar-refractivity contribution in [3.05, 3.63) is 72.2 Å². The number of fused-ring (bicyclic) bond motifs is 1. The maximum Gasteiger partial charge on any atom is 0.290 e. The fraction of sp³-hybridized carbons (Fsp3) is 0.455. The molecule has 1 saturated heterocycles. The molecule has 1 unspecified atom stereocenters. The molecule has 3 aromatic rings. The van der Waals surface area contributed by atoms with Crippen molar-refractivity contribution in [2.75, 3.05) is 46.1 Å². The number of sulfone groups is 1. The quantitative estimate of drug-likeness (QED) is 0.254. The Morgan fingerprint density at radius 1 is 0.977 bits per heavy atom. The molecule has 2 amide bonds. The van der Waals surface area contributed by atoms with E-state index in [1.807, 2.05) is 11.0 Å². The van der Waals surface area contributed by atoms with E-state index in [-0.39, 0.29) is 46.7 Å². The molecule has 0 aliphatic carbocycles. The van der Waals surface area contributed by atoms with E-state index in [1.54, 1.807) is 47.4 Å². The first kappa shape index (κ1) is 31.6. The van der Waals surface area contributed by atoms with Crippen LogP contribution in [-0.4, -0.2) is 87.0 Å².